The summed E-state index contributed by atoms with van der Waals surface area (Å²) in [5, 5.41) is 4.42. The third-order valence-electron chi connectivity index (χ3n) is 1.93. The topological polar surface area (TPSA) is 48.2 Å². The molecule has 0 aliphatic heterocycles. The van der Waals surface area contributed by atoms with E-state index in [1.807, 2.05) is 24.3 Å². The summed E-state index contributed by atoms with van der Waals surface area (Å²) in [6, 6.07) is 7.55. The van der Waals surface area contributed by atoms with Gasteiger partial charge in [0.15, 0.2) is 0 Å². The van der Waals surface area contributed by atoms with Crippen LogP contribution in [0.2, 0.25) is 0 Å². The number of rotatable bonds is 3. The molecule has 1 aromatic carbocycles. The van der Waals surface area contributed by atoms with Crippen LogP contribution in [0.15, 0.2) is 28.8 Å². The summed E-state index contributed by atoms with van der Waals surface area (Å²) in [6.45, 7) is 0. The average Bonchev–Trinajstić information content (AvgIpc) is 2.77. The van der Waals surface area contributed by atoms with Crippen LogP contribution >= 0.6 is 15.9 Å². The average molecular weight is 269 g/mol. The second-order valence-corrected chi connectivity index (χ2v) is 3.41. The summed E-state index contributed by atoms with van der Waals surface area (Å²) < 4.78 is 10.2. The van der Waals surface area contributed by atoms with Gasteiger partial charge in [-0.05, 0) is 12.1 Å². The zero-order valence-electron chi connectivity index (χ0n) is 8.11. The van der Waals surface area contributed by atoms with Crippen molar-refractivity contribution in [3.63, 3.8) is 0 Å². The van der Waals surface area contributed by atoms with Crippen molar-refractivity contribution in [1.29, 1.82) is 0 Å². The Morgan fingerprint density at radius 3 is 2.87 bits per heavy atom. The van der Waals surface area contributed by atoms with E-state index >= 15 is 0 Å². The van der Waals surface area contributed by atoms with E-state index in [0.717, 1.165) is 11.3 Å². The maximum absolute atomic E-state index is 5.21. The monoisotopic (exact) mass is 268 g/mol. The maximum Gasteiger partial charge on any atom is 0.237 e. The molecule has 0 atom stereocenters. The standard InChI is InChI=1S/C10H9BrN2O2/c1-14-8-5-3-2-4-7(8)10-12-9(6-11)15-13-10/h2-5H,6H2,1H3. The Balaban J connectivity index is 2.44. The SMILES string of the molecule is COc1ccccc1-c1noc(CBr)n1. The first-order valence-electron chi connectivity index (χ1n) is 4.37. The Bertz CT molecular complexity index is 456. The summed E-state index contributed by atoms with van der Waals surface area (Å²) in [7, 11) is 1.62. The van der Waals surface area contributed by atoms with Crippen LogP contribution < -0.4 is 4.74 Å². The Kier molecular flexibility index (Phi) is 3.01. The van der Waals surface area contributed by atoms with Crippen molar-refractivity contribution < 1.29 is 9.26 Å². The fourth-order valence-electron chi connectivity index (χ4n) is 1.25. The molecule has 0 amide bonds. The number of ether oxygens (including phenoxy) is 1. The third kappa shape index (κ3) is 2.02. The summed E-state index contributed by atoms with van der Waals surface area (Å²) >= 11 is 3.25. The molecule has 5 heteroatoms. The van der Waals surface area contributed by atoms with Gasteiger partial charge in [0.05, 0.1) is 18.0 Å². The Labute approximate surface area is 95.4 Å². The van der Waals surface area contributed by atoms with Crippen LogP contribution in [0.4, 0.5) is 0 Å². The van der Waals surface area contributed by atoms with Gasteiger partial charge < -0.3 is 9.26 Å². The van der Waals surface area contributed by atoms with Crippen molar-refractivity contribution in [2.45, 2.75) is 5.33 Å². The lowest BCUT2D eigenvalue weighted by molar-refractivity contribution is 0.391. The van der Waals surface area contributed by atoms with E-state index in [0.29, 0.717) is 17.0 Å². The Morgan fingerprint density at radius 1 is 1.40 bits per heavy atom. The molecule has 15 heavy (non-hydrogen) atoms. The summed E-state index contributed by atoms with van der Waals surface area (Å²) in [5.74, 6) is 1.83. The highest BCUT2D eigenvalue weighted by Gasteiger charge is 2.11. The van der Waals surface area contributed by atoms with Crippen LogP contribution in [0.25, 0.3) is 11.4 Å². The highest BCUT2D eigenvalue weighted by atomic mass is 79.9. The second-order valence-electron chi connectivity index (χ2n) is 2.85. The van der Waals surface area contributed by atoms with Crippen LogP contribution in [0.3, 0.4) is 0 Å². The molecule has 0 N–H and O–H groups in total. The molecule has 0 aliphatic rings. The smallest absolute Gasteiger partial charge is 0.237 e. The van der Waals surface area contributed by atoms with E-state index in [1.165, 1.54) is 0 Å². The number of hydrogen-bond acceptors (Lipinski definition) is 4. The summed E-state index contributed by atoms with van der Waals surface area (Å²) in [4.78, 5) is 4.20. The highest BCUT2D eigenvalue weighted by molar-refractivity contribution is 9.08. The van der Waals surface area contributed by atoms with Gasteiger partial charge in [-0.3, -0.25) is 0 Å². The van der Waals surface area contributed by atoms with E-state index in [-0.39, 0.29) is 0 Å². The molecule has 1 aromatic heterocycles. The number of para-hydroxylation sites is 1. The molecule has 1 heterocycles. The minimum atomic E-state index is 0.543. The fourth-order valence-corrected chi connectivity index (χ4v) is 1.48. The Hall–Kier alpha value is -1.36. The molecule has 0 aliphatic carbocycles. The molecular formula is C10H9BrN2O2. The van der Waals surface area contributed by atoms with Gasteiger partial charge in [0.2, 0.25) is 11.7 Å². The van der Waals surface area contributed by atoms with Gasteiger partial charge in [-0.1, -0.05) is 33.2 Å². The van der Waals surface area contributed by atoms with Crippen molar-refractivity contribution in [1.82, 2.24) is 10.1 Å². The van der Waals surface area contributed by atoms with Gasteiger partial charge in [0.25, 0.3) is 0 Å². The van der Waals surface area contributed by atoms with Gasteiger partial charge >= 0.3 is 0 Å². The van der Waals surface area contributed by atoms with E-state index in [9.17, 15) is 0 Å². The van der Waals surface area contributed by atoms with Crippen LogP contribution in [0, 0.1) is 0 Å². The predicted octanol–water partition coefficient (Wildman–Crippen LogP) is 2.64. The van der Waals surface area contributed by atoms with E-state index < -0.39 is 0 Å². The van der Waals surface area contributed by atoms with Crippen molar-refractivity contribution in [3.05, 3.63) is 30.2 Å². The lowest BCUT2D eigenvalue weighted by Crippen LogP contribution is -1.88. The van der Waals surface area contributed by atoms with Crippen LogP contribution in [-0.2, 0) is 5.33 Å². The quantitative estimate of drug-likeness (QED) is 0.803. The first-order valence-corrected chi connectivity index (χ1v) is 5.49. The van der Waals surface area contributed by atoms with Crippen molar-refractivity contribution in [3.8, 4) is 17.1 Å². The third-order valence-corrected chi connectivity index (χ3v) is 2.41. The molecule has 0 unspecified atom stereocenters. The summed E-state index contributed by atoms with van der Waals surface area (Å²) in [6.07, 6.45) is 0. The highest BCUT2D eigenvalue weighted by Crippen LogP contribution is 2.27. The van der Waals surface area contributed by atoms with Crippen molar-refractivity contribution >= 4 is 15.9 Å². The zero-order valence-corrected chi connectivity index (χ0v) is 9.69. The van der Waals surface area contributed by atoms with Gasteiger partial charge in [-0.15, -0.1) is 0 Å². The molecule has 2 rings (SSSR count). The number of alkyl halides is 1. The first kappa shape index (κ1) is 10.2. The minimum absolute atomic E-state index is 0.543. The molecule has 0 radical (unpaired) electrons. The molecule has 4 nitrogen and oxygen atoms in total. The number of methoxy groups -OCH3 is 1. The minimum Gasteiger partial charge on any atom is -0.496 e. The van der Waals surface area contributed by atoms with Crippen LogP contribution in [0.1, 0.15) is 5.89 Å². The normalized spacial score (nSPS) is 10.3. The van der Waals surface area contributed by atoms with E-state index in [2.05, 4.69) is 26.1 Å². The van der Waals surface area contributed by atoms with Crippen molar-refractivity contribution in [2.75, 3.05) is 7.11 Å². The van der Waals surface area contributed by atoms with Crippen LogP contribution in [0.5, 0.6) is 5.75 Å². The second kappa shape index (κ2) is 4.44. The zero-order chi connectivity index (χ0) is 10.7. The van der Waals surface area contributed by atoms with Gasteiger partial charge in [-0.2, -0.15) is 4.98 Å². The molecule has 78 valence electrons. The van der Waals surface area contributed by atoms with E-state index in [1.54, 1.807) is 7.11 Å². The molecule has 0 spiro atoms. The summed E-state index contributed by atoms with van der Waals surface area (Å²) in [5.41, 5.74) is 0.830. The van der Waals surface area contributed by atoms with Crippen molar-refractivity contribution in [2.24, 2.45) is 0 Å². The van der Waals surface area contributed by atoms with Gasteiger partial charge in [0.1, 0.15) is 5.75 Å². The lowest BCUT2D eigenvalue weighted by Gasteiger charge is -2.02. The maximum atomic E-state index is 5.21. The first-order chi connectivity index (χ1) is 7.35. The van der Waals surface area contributed by atoms with Gasteiger partial charge in [0, 0.05) is 0 Å². The molecule has 0 bridgehead atoms. The Morgan fingerprint density at radius 2 is 2.20 bits per heavy atom. The number of nitrogens with zero attached hydrogens (tertiary/aromatic N) is 2. The number of halogens is 1. The molecule has 2 aromatic rings. The predicted molar refractivity (Wildman–Crippen MR) is 58.9 cm³/mol. The number of hydrogen-bond donors (Lipinski definition) is 0. The number of aromatic nitrogens is 2. The van der Waals surface area contributed by atoms with Crippen LogP contribution in [-0.4, -0.2) is 17.3 Å². The number of benzene rings is 1. The molecule has 0 fully saturated rings. The van der Waals surface area contributed by atoms with Gasteiger partial charge in [-0.25, -0.2) is 0 Å². The molecule has 0 saturated carbocycles. The molecule has 0 saturated heterocycles. The largest absolute Gasteiger partial charge is 0.496 e. The lowest BCUT2D eigenvalue weighted by atomic mass is 10.2. The molecular weight excluding hydrogens is 260 g/mol. The van der Waals surface area contributed by atoms with E-state index in [4.69, 9.17) is 9.26 Å². The fraction of sp³-hybridized carbons (Fsp3) is 0.200.